The number of rotatable bonds is 5. The number of aromatic amines is 1. The Morgan fingerprint density at radius 2 is 1.84 bits per heavy atom. The third kappa shape index (κ3) is 5.66. The number of carbonyl (C=O) groups is 2. The molecular weight excluding hydrogens is 513 g/mol. The highest BCUT2D eigenvalue weighted by Crippen LogP contribution is 2.40. The van der Waals surface area contributed by atoms with Crippen LogP contribution in [-0.2, 0) is 21.2 Å². The van der Waals surface area contributed by atoms with Crippen LogP contribution in [0.2, 0.25) is 0 Å². The number of fused-ring (bicyclic) bond motifs is 1. The molecule has 196 valence electrons. The van der Waals surface area contributed by atoms with Crippen molar-refractivity contribution >= 4 is 21.7 Å². The number of carboxylic acids is 1. The Bertz CT molecular complexity index is 1450. The third-order valence-corrected chi connectivity index (χ3v) is 7.39. The summed E-state index contributed by atoms with van der Waals surface area (Å²) in [5, 5.41) is 7.12. The molecule has 0 unspecified atom stereocenters. The van der Waals surface area contributed by atoms with Gasteiger partial charge in [0.25, 0.3) is 5.91 Å². The second kappa shape index (κ2) is 9.61. The largest absolute Gasteiger partial charge is 0.490 e. The summed E-state index contributed by atoms with van der Waals surface area (Å²) in [6.07, 6.45) is 3.38. The van der Waals surface area contributed by atoms with Gasteiger partial charge in [-0.2, -0.15) is 13.2 Å². The van der Waals surface area contributed by atoms with Crippen LogP contribution in [0.25, 0.3) is 22.6 Å². The van der Waals surface area contributed by atoms with Crippen LogP contribution in [0.15, 0.2) is 47.8 Å². The van der Waals surface area contributed by atoms with Gasteiger partial charge in [-0.05, 0) is 66.6 Å². The van der Waals surface area contributed by atoms with Crippen molar-refractivity contribution in [3.63, 3.8) is 0 Å². The van der Waals surface area contributed by atoms with E-state index >= 15 is 0 Å². The van der Waals surface area contributed by atoms with E-state index < -0.39 is 22.0 Å². The monoisotopic (exact) mass is 536 g/mol. The minimum absolute atomic E-state index is 0.0989. The predicted molar refractivity (Wildman–Crippen MR) is 126 cm³/mol. The van der Waals surface area contributed by atoms with Crippen molar-refractivity contribution in [1.29, 1.82) is 0 Å². The molecule has 1 amide bonds. The standard InChI is InChI=1S/C22H22N4O3S.C2HF3O2/c1-13(14-3-4-14)26-12-17-9-16(11-19(30(2,28)29)20(17)22(26)27)15-5-6-23-18(10-15)21-24-7-8-25-21;3-2(4,5)1(6)7/h5-11,13-14H,3-4,12H2,1-2H3,(H,24,25);(H,6,7)/t13-;/m0./s1. The number of aliphatic carboxylic acids is 1. The number of carboxylic acid groups (broad SMARTS) is 1. The number of alkyl halides is 3. The first-order valence-corrected chi connectivity index (χ1v) is 13.1. The molecule has 1 atom stereocenters. The number of H-pyrrole nitrogens is 1. The number of sulfone groups is 1. The minimum Gasteiger partial charge on any atom is -0.475 e. The Balaban J connectivity index is 0.000000405. The summed E-state index contributed by atoms with van der Waals surface area (Å²) in [6, 6.07) is 7.36. The summed E-state index contributed by atoms with van der Waals surface area (Å²) in [6.45, 7) is 2.50. The second-order valence-electron chi connectivity index (χ2n) is 8.96. The van der Waals surface area contributed by atoms with Crippen LogP contribution in [-0.4, -0.2) is 63.7 Å². The van der Waals surface area contributed by atoms with E-state index in [1.807, 2.05) is 23.1 Å². The van der Waals surface area contributed by atoms with Gasteiger partial charge in [0.2, 0.25) is 0 Å². The number of benzene rings is 1. The van der Waals surface area contributed by atoms with E-state index in [0.29, 0.717) is 29.5 Å². The number of nitrogens with one attached hydrogen (secondary N) is 1. The zero-order chi connectivity index (χ0) is 27.1. The van der Waals surface area contributed by atoms with Gasteiger partial charge in [0.05, 0.1) is 10.5 Å². The number of halogens is 3. The minimum atomic E-state index is -5.08. The van der Waals surface area contributed by atoms with Crippen LogP contribution in [0.4, 0.5) is 13.2 Å². The van der Waals surface area contributed by atoms with Crippen molar-refractivity contribution in [3.05, 3.63) is 54.0 Å². The van der Waals surface area contributed by atoms with E-state index in [-0.39, 0.29) is 16.8 Å². The molecule has 2 aromatic heterocycles. The molecule has 0 spiro atoms. The smallest absolute Gasteiger partial charge is 0.475 e. The van der Waals surface area contributed by atoms with Gasteiger partial charge in [-0.25, -0.2) is 18.2 Å². The SMILES string of the molecule is C[C@@H](C1CC1)N1Cc2cc(-c3ccnc(-c4ncc[nH]4)c3)cc(S(C)(=O)=O)c2C1=O.O=C(O)C(F)(F)F. The van der Waals surface area contributed by atoms with Crippen molar-refractivity contribution in [2.45, 2.75) is 43.4 Å². The fourth-order valence-corrected chi connectivity index (χ4v) is 5.14. The Kier molecular flexibility index (Phi) is 6.84. The normalized spacial score (nSPS) is 16.1. The molecule has 0 bridgehead atoms. The molecule has 2 N–H and O–H groups in total. The second-order valence-corrected chi connectivity index (χ2v) is 10.9. The summed E-state index contributed by atoms with van der Waals surface area (Å²) < 4.78 is 56.9. The molecule has 3 aromatic rings. The summed E-state index contributed by atoms with van der Waals surface area (Å²) in [7, 11) is -3.58. The highest BCUT2D eigenvalue weighted by atomic mass is 32.2. The number of imidazole rings is 1. The molecule has 5 rings (SSSR count). The van der Waals surface area contributed by atoms with Crippen LogP contribution in [0.3, 0.4) is 0 Å². The molecule has 1 aliphatic heterocycles. The number of hydrogen-bond donors (Lipinski definition) is 2. The Morgan fingerprint density at radius 1 is 1.16 bits per heavy atom. The molecule has 13 heteroatoms. The Hall–Kier alpha value is -3.74. The van der Waals surface area contributed by atoms with E-state index in [2.05, 4.69) is 21.9 Å². The summed E-state index contributed by atoms with van der Waals surface area (Å²) in [5.41, 5.74) is 3.33. The summed E-state index contributed by atoms with van der Waals surface area (Å²) >= 11 is 0. The lowest BCUT2D eigenvalue weighted by Crippen LogP contribution is -2.35. The van der Waals surface area contributed by atoms with E-state index in [1.54, 1.807) is 24.7 Å². The molecule has 1 aliphatic carbocycles. The highest BCUT2D eigenvalue weighted by Gasteiger charge is 2.41. The highest BCUT2D eigenvalue weighted by molar-refractivity contribution is 7.90. The molecule has 0 radical (unpaired) electrons. The van der Waals surface area contributed by atoms with Gasteiger partial charge in [-0.3, -0.25) is 9.78 Å². The number of amides is 1. The molecular formula is C24H23F3N4O5S. The first-order chi connectivity index (χ1) is 17.3. The maximum absolute atomic E-state index is 13.1. The van der Waals surface area contributed by atoms with Crippen molar-refractivity contribution in [2.24, 2.45) is 5.92 Å². The maximum Gasteiger partial charge on any atom is 0.490 e. The average molecular weight is 537 g/mol. The van der Waals surface area contributed by atoms with Crippen LogP contribution < -0.4 is 0 Å². The summed E-state index contributed by atoms with van der Waals surface area (Å²) in [5.74, 6) is -1.78. The molecule has 2 aliphatic rings. The lowest BCUT2D eigenvalue weighted by molar-refractivity contribution is -0.192. The number of hydrogen-bond acceptors (Lipinski definition) is 6. The van der Waals surface area contributed by atoms with Gasteiger partial charge >= 0.3 is 12.1 Å². The molecule has 9 nitrogen and oxygen atoms in total. The number of aromatic nitrogens is 3. The lowest BCUT2D eigenvalue weighted by Gasteiger charge is -2.24. The molecule has 1 saturated carbocycles. The van der Waals surface area contributed by atoms with Gasteiger partial charge in [0.1, 0.15) is 5.69 Å². The molecule has 1 aromatic carbocycles. The van der Waals surface area contributed by atoms with E-state index in [0.717, 1.165) is 35.8 Å². The van der Waals surface area contributed by atoms with Crippen molar-refractivity contribution < 1.29 is 36.3 Å². The molecule has 3 heterocycles. The molecule has 0 saturated heterocycles. The third-order valence-electron chi connectivity index (χ3n) is 6.27. The van der Waals surface area contributed by atoms with E-state index in [9.17, 15) is 26.4 Å². The average Bonchev–Trinajstić information content (AvgIpc) is 3.42. The van der Waals surface area contributed by atoms with Crippen LogP contribution >= 0.6 is 0 Å². The zero-order valence-electron chi connectivity index (χ0n) is 19.8. The number of nitrogens with zero attached hydrogens (tertiary/aromatic N) is 3. The van der Waals surface area contributed by atoms with Crippen molar-refractivity contribution in [3.8, 4) is 22.6 Å². The van der Waals surface area contributed by atoms with E-state index in [1.165, 1.54) is 0 Å². The Morgan fingerprint density at radius 3 is 2.38 bits per heavy atom. The first kappa shape index (κ1) is 26.3. The lowest BCUT2D eigenvalue weighted by atomic mass is 10.0. The number of carbonyl (C=O) groups excluding carboxylic acids is 1. The van der Waals surface area contributed by atoms with Crippen LogP contribution in [0.5, 0.6) is 0 Å². The van der Waals surface area contributed by atoms with Gasteiger partial charge in [-0.1, -0.05) is 0 Å². The van der Waals surface area contributed by atoms with Gasteiger partial charge < -0.3 is 15.0 Å². The Labute approximate surface area is 210 Å². The first-order valence-electron chi connectivity index (χ1n) is 11.2. The quantitative estimate of drug-likeness (QED) is 0.505. The van der Waals surface area contributed by atoms with Crippen LogP contribution in [0.1, 0.15) is 35.7 Å². The predicted octanol–water partition coefficient (Wildman–Crippen LogP) is 3.93. The fourth-order valence-electron chi connectivity index (χ4n) is 4.21. The molecule has 1 fully saturated rings. The van der Waals surface area contributed by atoms with Gasteiger partial charge in [-0.15, -0.1) is 0 Å². The van der Waals surface area contributed by atoms with Gasteiger partial charge in [0.15, 0.2) is 15.7 Å². The summed E-state index contributed by atoms with van der Waals surface area (Å²) in [4.78, 5) is 35.6. The fraction of sp³-hybridized carbons (Fsp3) is 0.333. The maximum atomic E-state index is 13.1. The van der Waals surface area contributed by atoms with Crippen molar-refractivity contribution in [2.75, 3.05) is 6.26 Å². The molecule has 37 heavy (non-hydrogen) atoms. The zero-order valence-corrected chi connectivity index (χ0v) is 20.6. The van der Waals surface area contributed by atoms with E-state index in [4.69, 9.17) is 9.90 Å². The van der Waals surface area contributed by atoms with Crippen LogP contribution in [0, 0.1) is 5.92 Å². The number of pyridine rings is 1. The topological polar surface area (TPSA) is 133 Å². The van der Waals surface area contributed by atoms with Gasteiger partial charge in [0, 0.05) is 37.4 Å². The van der Waals surface area contributed by atoms with Crippen molar-refractivity contribution in [1.82, 2.24) is 19.9 Å².